The number of nitrogens with zero attached hydrogens (tertiary/aromatic N) is 5. The number of benzene rings is 1. The molecule has 2 aromatic heterocycles. The number of ether oxygens (including phenoxy) is 2. The lowest BCUT2D eigenvalue weighted by molar-refractivity contribution is 0.0123. The zero-order chi connectivity index (χ0) is 22.0. The van der Waals surface area contributed by atoms with Gasteiger partial charge in [0.25, 0.3) is 0 Å². The summed E-state index contributed by atoms with van der Waals surface area (Å²) in [4.78, 5) is 22.6. The summed E-state index contributed by atoms with van der Waals surface area (Å²) < 4.78 is 13.5. The van der Waals surface area contributed by atoms with Crippen molar-refractivity contribution in [3.05, 3.63) is 48.4 Å². The van der Waals surface area contributed by atoms with Crippen LogP contribution in [-0.4, -0.2) is 50.3 Å². The molecule has 1 aliphatic heterocycles. The molecule has 3 aromatic rings. The lowest BCUT2D eigenvalue weighted by Crippen LogP contribution is -2.44. The van der Waals surface area contributed by atoms with Gasteiger partial charge in [-0.15, -0.1) is 0 Å². The SMILES string of the molecule is CC(C)(C)OC(=O)N1CCC(Oc2cc(-n3ccc4cc(C#N)ccc43)ncn2)CC1. The summed E-state index contributed by atoms with van der Waals surface area (Å²) >= 11 is 0. The van der Waals surface area contributed by atoms with Crippen LogP contribution in [0.25, 0.3) is 16.7 Å². The topological polar surface area (TPSA) is 93.3 Å². The maximum absolute atomic E-state index is 12.2. The van der Waals surface area contributed by atoms with E-state index in [0.29, 0.717) is 43.2 Å². The predicted molar refractivity (Wildman–Crippen MR) is 115 cm³/mol. The first kappa shape index (κ1) is 20.7. The van der Waals surface area contributed by atoms with Crippen LogP contribution in [0.1, 0.15) is 39.2 Å². The highest BCUT2D eigenvalue weighted by Gasteiger charge is 2.27. The molecule has 1 amide bonds. The summed E-state index contributed by atoms with van der Waals surface area (Å²) in [6.45, 7) is 6.76. The molecule has 1 aromatic carbocycles. The van der Waals surface area contributed by atoms with Crippen molar-refractivity contribution in [2.24, 2.45) is 0 Å². The van der Waals surface area contributed by atoms with Gasteiger partial charge in [-0.1, -0.05) is 0 Å². The van der Waals surface area contributed by atoms with Crippen molar-refractivity contribution in [3.63, 3.8) is 0 Å². The van der Waals surface area contributed by atoms with Crippen molar-refractivity contribution in [2.45, 2.75) is 45.3 Å². The molecule has 0 unspecified atom stereocenters. The van der Waals surface area contributed by atoms with E-state index in [9.17, 15) is 4.79 Å². The molecule has 0 N–H and O–H groups in total. The molecular formula is C23H25N5O3. The normalized spacial score (nSPS) is 15.0. The van der Waals surface area contributed by atoms with Crippen LogP contribution in [0, 0.1) is 11.3 Å². The van der Waals surface area contributed by atoms with Gasteiger partial charge in [-0.3, -0.25) is 0 Å². The molecule has 1 aliphatic rings. The summed E-state index contributed by atoms with van der Waals surface area (Å²) in [5.41, 5.74) is 1.07. The average molecular weight is 419 g/mol. The fraction of sp³-hybridized carbons (Fsp3) is 0.391. The number of carbonyl (C=O) groups excluding carboxylic acids is 1. The summed E-state index contributed by atoms with van der Waals surface area (Å²) in [5, 5.41) is 10.1. The lowest BCUT2D eigenvalue weighted by atomic mass is 10.1. The first-order valence-corrected chi connectivity index (χ1v) is 10.3. The first-order valence-electron chi connectivity index (χ1n) is 10.3. The molecule has 0 aliphatic carbocycles. The Morgan fingerprint density at radius 1 is 1.16 bits per heavy atom. The second-order valence-corrected chi connectivity index (χ2v) is 8.57. The number of fused-ring (bicyclic) bond motifs is 1. The Bertz CT molecular complexity index is 1130. The van der Waals surface area contributed by atoms with E-state index in [2.05, 4.69) is 16.0 Å². The van der Waals surface area contributed by atoms with Crippen LogP contribution in [0.5, 0.6) is 5.88 Å². The Kier molecular flexibility index (Phi) is 5.51. The second kappa shape index (κ2) is 8.26. The highest BCUT2D eigenvalue weighted by atomic mass is 16.6. The summed E-state index contributed by atoms with van der Waals surface area (Å²) in [6, 6.07) is 11.5. The minimum atomic E-state index is -0.499. The van der Waals surface area contributed by atoms with E-state index in [4.69, 9.17) is 14.7 Å². The van der Waals surface area contributed by atoms with Crippen molar-refractivity contribution < 1.29 is 14.3 Å². The Hall–Kier alpha value is -3.60. The van der Waals surface area contributed by atoms with Gasteiger partial charge in [0.1, 0.15) is 23.9 Å². The Morgan fingerprint density at radius 2 is 1.94 bits per heavy atom. The van der Waals surface area contributed by atoms with E-state index < -0.39 is 5.60 Å². The fourth-order valence-electron chi connectivity index (χ4n) is 3.59. The Morgan fingerprint density at radius 3 is 2.65 bits per heavy atom. The van der Waals surface area contributed by atoms with Gasteiger partial charge in [-0.05, 0) is 45.0 Å². The summed E-state index contributed by atoms with van der Waals surface area (Å²) in [5.74, 6) is 1.19. The van der Waals surface area contributed by atoms with E-state index in [1.807, 2.05) is 49.7 Å². The average Bonchev–Trinajstić information content (AvgIpc) is 3.16. The number of nitriles is 1. The largest absolute Gasteiger partial charge is 0.474 e. The van der Waals surface area contributed by atoms with Crippen LogP contribution in [0.15, 0.2) is 42.9 Å². The highest BCUT2D eigenvalue weighted by Crippen LogP contribution is 2.24. The van der Waals surface area contributed by atoms with Crippen LogP contribution in [0.4, 0.5) is 4.79 Å². The molecule has 0 radical (unpaired) electrons. The molecule has 0 spiro atoms. The van der Waals surface area contributed by atoms with Crippen LogP contribution < -0.4 is 4.74 Å². The standard InChI is InChI=1S/C23H25N5O3/c1-23(2,3)31-22(29)27-9-7-18(8-10-27)30-21-13-20(25-15-26-21)28-11-6-17-12-16(14-24)4-5-19(17)28/h4-6,11-13,15,18H,7-10H2,1-3H3. The number of likely N-dealkylation sites (tertiary alicyclic amines) is 1. The quantitative estimate of drug-likeness (QED) is 0.635. The molecule has 0 bridgehead atoms. The summed E-state index contributed by atoms with van der Waals surface area (Å²) in [6.07, 6.45) is 4.51. The first-order chi connectivity index (χ1) is 14.8. The molecule has 8 heteroatoms. The second-order valence-electron chi connectivity index (χ2n) is 8.57. The van der Waals surface area contributed by atoms with Gasteiger partial charge < -0.3 is 18.9 Å². The molecular weight excluding hydrogens is 394 g/mol. The number of aromatic nitrogens is 3. The van der Waals surface area contributed by atoms with E-state index in [-0.39, 0.29) is 12.2 Å². The lowest BCUT2D eigenvalue weighted by Gasteiger charge is -2.33. The van der Waals surface area contributed by atoms with Crippen molar-refractivity contribution in [3.8, 4) is 17.8 Å². The summed E-state index contributed by atoms with van der Waals surface area (Å²) in [7, 11) is 0. The molecule has 4 rings (SSSR count). The maximum atomic E-state index is 12.2. The molecule has 8 nitrogen and oxygen atoms in total. The van der Waals surface area contributed by atoms with Gasteiger partial charge in [-0.2, -0.15) is 5.26 Å². The minimum Gasteiger partial charge on any atom is -0.474 e. The van der Waals surface area contributed by atoms with Gasteiger partial charge in [0.05, 0.1) is 17.1 Å². The molecule has 31 heavy (non-hydrogen) atoms. The molecule has 3 heterocycles. The smallest absolute Gasteiger partial charge is 0.410 e. The van der Waals surface area contributed by atoms with Crippen molar-refractivity contribution in [1.29, 1.82) is 5.26 Å². The van der Waals surface area contributed by atoms with Crippen LogP contribution >= 0.6 is 0 Å². The van der Waals surface area contributed by atoms with Gasteiger partial charge in [-0.25, -0.2) is 14.8 Å². The van der Waals surface area contributed by atoms with Gasteiger partial charge in [0.15, 0.2) is 0 Å². The number of rotatable bonds is 3. The van der Waals surface area contributed by atoms with Crippen molar-refractivity contribution >= 4 is 17.0 Å². The van der Waals surface area contributed by atoms with Gasteiger partial charge in [0.2, 0.25) is 5.88 Å². The number of hydrogen-bond acceptors (Lipinski definition) is 6. The van der Waals surface area contributed by atoms with E-state index in [1.165, 1.54) is 6.33 Å². The molecule has 0 saturated carbocycles. The zero-order valence-corrected chi connectivity index (χ0v) is 17.9. The van der Waals surface area contributed by atoms with Crippen LogP contribution in [0.3, 0.4) is 0 Å². The van der Waals surface area contributed by atoms with Gasteiger partial charge in [0, 0.05) is 43.6 Å². The number of amides is 1. The highest BCUT2D eigenvalue weighted by molar-refractivity contribution is 5.83. The number of hydrogen-bond donors (Lipinski definition) is 0. The Balaban J connectivity index is 1.42. The molecule has 160 valence electrons. The third-order valence-corrected chi connectivity index (χ3v) is 5.07. The third-order valence-electron chi connectivity index (χ3n) is 5.07. The number of carbonyl (C=O) groups is 1. The molecule has 0 atom stereocenters. The van der Waals surface area contributed by atoms with E-state index in [1.54, 1.807) is 17.0 Å². The van der Waals surface area contributed by atoms with Gasteiger partial charge >= 0.3 is 6.09 Å². The third kappa shape index (κ3) is 4.77. The fourth-order valence-corrected chi connectivity index (χ4v) is 3.59. The minimum absolute atomic E-state index is 0.0268. The van der Waals surface area contributed by atoms with Crippen LogP contribution in [-0.2, 0) is 4.74 Å². The zero-order valence-electron chi connectivity index (χ0n) is 17.9. The van der Waals surface area contributed by atoms with Crippen molar-refractivity contribution in [2.75, 3.05) is 13.1 Å². The van der Waals surface area contributed by atoms with E-state index >= 15 is 0 Å². The molecule has 1 saturated heterocycles. The van der Waals surface area contributed by atoms with E-state index in [0.717, 1.165) is 10.9 Å². The molecule has 1 fully saturated rings. The van der Waals surface area contributed by atoms with Crippen molar-refractivity contribution in [1.82, 2.24) is 19.4 Å². The maximum Gasteiger partial charge on any atom is 0.410 e. The number of piperidine rings is 1. The predicted octanol–water partition coefficient (Wildman–Crippen LogP) is 4.07. The Labute approximate surface area is 181 Å². The van der Waals surface area contributed by atoms with Crippen LogP contribution in [0.2, 0.25) is 0 Å². The monoisotopic (exact) mass is 419 g/mol.